The van der Waals surface area contributed by atoms with Gasteiger partial charge in [-0.25, -0.2) is 0 Å². The zero-order chi connectivity index (χ0) is 84.7. The molecule has 8 heterocycles. The minimum Gasteiger partial charge on any atom is -0.450 e. The van der Waals surface area contributed by atoms with Crippen LogP contribution in [0.3, 0.4) is 0 Å². The molecule has 12 aromatic carbocycles. The molecule has 8 nitrogen and oxygen atoms in total. The highest BCUT2D eigenvalue weighted by atomic mass is 16.3. The van der Waals surface area contributed by atoms with E-state index in [4.69, 9.17) is 24.5 Å². The number of benzene rings is 12. The molecule has 0 N–H and O–H groups in total. The van der Waals surface area contributed by atoms with Crippen molar-refractivity contribution in [2.45, 2.75) is 119 Å². The van der Waals surface area contributed by atoms with Gasteiger partial charge in [0.25, 0.3) is 0 Å². The number of pyridine rings is 4. The molecule has 20 aromatic rings. The van der Waals surface area contributed by atoms with E-state index in [0.29, 0.717) is 11.0 Å². The van der Waals surface area contributed by atoms with E-state index in [1.165, 1.54) is 72.0 Å². The second-order valence-corrected chi connectivity index (χ2v) is 33.2. The average molecular weight is 1510 g/mol. The molecule has 8 heteroatoms. The van der Waals surface area contributed by atoms with Gasteiger partial charge in [0.15, 0.2) is 22.3 Å². The zero-order valence-electron chi connectivity index (χ0n) is 74.2. The molecule has 21 rings (SSSR count). The van der Waals surface area contributed by atoms with Crippen LogP contribution >= 0.6 is 0 Å². The second-order valence-electron chi connectivity index (χ2n) is 33.2. The van der Waals surface area contributed by atoms with E-state index >= 15 is 0 Å². The van der Waals surface area contributed by atoms with E-state index < -0.39 is 24.5 Å². The van der Waals surface area contributed by atoms with Crippen LogP contribution < -0.4 is 18.3 Å². The van der Waals surface area contributed by atoms with Gasteiger partial charge < -0.3 is 17.7 Å². The predicted molar refractivity (Wildman–Crippen MR) is 478 cm³/mol. The highest BCUT2D eigenvalue weighted by molar-refractivity contribution is 6.16. The van der Waals surface area contributed by atoms with Gasteiger partial charge in [0, 0.05) is 103 Å². The lowest BCUT2D eigenvalue weighted by Crippen LogP contribution is -2.30. The second kappa shape index (κ2) is 29.5. The molecule has 568 valence electrons. The van der Waals surface area contributed by atoms with Gasteiger partial charge >= 0.3 is 0 Å². The molecule has 1 aliphatic rings. The molecule has 1 fully saturated rings. The first-order valence-corrected chi connectivity index (χ1v) is 40.1. The largest absolute Gasteiger partial charge is 0.450 e. The number of hydrogen-bond donors (Lipinski definition) is 0. The highest BCUT2D eigenvalue weighted by Crippen LogP contribution is 2.45. The maximum Gasteiger partial charge on any atom is 0.213 e. The number of hydrogen-bond acceptors (Lipinski definition) is 4. The zero-order valence-corrected chi connectivity index (χ0v) is 68.2. The number of furan rings is 4. The molecule has 0 saturated heterocycles. The third kappa shape index (κ3) is 13.9. The van der Waals surface area contributed by atoms with Crippen molar-refractivity contribution in [3.8, 4) is 45.0 Å². The maximum absolute atomic E-state index is 9.18. The Morgan fingerprint density at radius 2 is 0.713 bits per heavy atom. The van der Waals surface area contributed by atoms with E-state index in [1.807, 2.05) is 64.6 Å². The van der Waals surface area contributed by atoms with Gasteiger partial charge in [-0.05, 0) is 227 Å². The molecular weight excluding hydrogens is 1410 g/mol. The summed E-state index contributed by atoms with van der Waals surface area (Å²) >= 11 is 0. The van der Waals surface area contributed by atoms with Gasteiger partial charge in [-0.15, -0.1) is 0 Å². The van der Waals surface area contributed by atoms with Crippen LogP contribution in [0.1, 0.15) is 138 Å². The van der Waals surface area contributed by atoms with Crippen LogP contribution in [0.4, 0.5) is 0 Å². The van der Waals surface area contributed by atoms with Crippen molar-refractivity contribution in [1.29, 1.82) is 0 Å². The fraction of sp³-hybridized carbons (Fsp3) is 0.215. The topological polar surface area (TPSA) is 68.1 Å². The number of fused-ring (bicyclic) bond motifs is 17. The maximum atomic E-state index is 9.18. The van der Waals surface area contributed by atoms with Gasteiger partial charge in [-0.2, -0.15) is 18.3 Å². The van der Waals surface area contributed by atoms with Crippen molar-refractivity contribution in [1.82, 2.24) is 0 Å². The number of aryl methyl sites for hydroxylation is 9. The normalized spacial score (nSPS) is 14.6. The minimum atomic E-state index is -2.12. The summed E-state index contributed by atoms with van der Waals surface area (Å²) in [6.45, 7) is 18.6. The van der Waals surface area contributed by atoms with E-state index in [9.17, 15) is 1.37 Å². The number of aromatic nitrogens is 4. The summed E-state index contributed by atoms with van der Waals surface area (Å²) in [5.41, 5.74) is 24.9. The van der Waals surface area contributed by atoms with Crippen LogP contribution in [0.25, 0.3) is 176 Å². The van der Waals surface area contributed by atoms with Crippen LogP contribution in [0.5, 0.6) is 0 Å². The molecule has 1 aliphatic carbocycles. The Morgan fingerprint density at radius 1 is 0.339 bits per heavy atom. The van der Waals surface area contributed by atoms with Crippen molar-refractivity contribution in [2.24, 2.45) is 33.6 Å². The summed E-state index contributed by atoms with van der Waals surface area (Å²) in [7, 11) is 8.19. The van der Waals surface area contributed by atoms with Gasteiger partial charge in [0.2, 0.25) is 47.6 Å². The first-order chi connectivity index (χ1) is 57.7. The molecule has 0 bridgehead atoms. The lowest BCUT2D eigenvalue weighted by molar-refractivity contribution is -0.659. The van der Waals surface area contributed by atoms with Gasteiger partial charge in [-0.1, -0.05) is 199 Å². The Morgan fingerprint density at radius 3 is 1.14 bits per heavy atom. The monoisotopic (exact) mass is 1510 g/mol. The first-order valence-electron chi connectivity index (χ1n) is 43.1. The number of nitrogens with zero attached hydrogens (tertiary/aromatic N) is 4. The van der Waals surface area contributed by atoms with E-state index in [1.54, 1.807) is 12.1 Å². The van der Waals surface area contributed by atoms with Crippen LogP contribution in [-0.2, 0) is 28.2 Å². The minimum absolute atomic E-state index is 0.350. The lowest BCUT2D eigenvalue weighted by Gasteiger charge is -2.34. The van der Waals surface area contributed by atoms with Crippen LogP contribution in [0, 0.1) is 40.0 Å². The summed E-state index contributed by atoms with van der Waals surface area (Å²) < 4.78 is 82.3. The van der Waals surface area contributed by atoms with Crippen LogP contribution in [0.15, 0.2) is 285 Å². The molecule has 0 aliphatic heterocycles. The molecule has 0 amide bonds. The van der Waals surface area contributed by atoms with E-state index in [2.05, 4.69) is 306 Å². The SMILES string of the molecule is Cc1ccccc1-c1cc2c(c[n+]1C)oc1c3ccccc3ccc21.[2H]C(C)(C)c1ccc2cc3c(cc2c1)oc1c[n+](C)c(-c2ccccc2C)cc13.[2H]C([2H])([2H])c1ccc(-c2cc3c(c[n+]2C)oc2cc4cc(C([2H])(C)C)ccc4cc23)c(C)c1.[2H]C1(c2ccc3cc4c(cc3c2)oc2c[n+](C)c(-c3ccccc3C)cc24)CCC(C)(C)CC1. The van der Waals surface area contributed by atoms with Gasteiger partial charge in [0.05, 0.1) is 0 Å². The van der Waals surface area contributed by atoms with Crippen molar-refractivity contribution >= 4 is 131 Å². The van der Waals surface area contributed by atoms with Crippen LogP contribution in [0.2, 0.25) is 0 Å². The van der Waals surface area contributed by atoms with Gasteiger partial charge in [-0.3, -0.25) is 0 Å². The molecule has 0 atom stereocenters. The molecule has 1 saturated carbocycles. The molecular formula is C107H100N4O4+4. The summed E-state index contributed by atoms with van der Waals surface area (Å²) in [4.78, 5) is 0. The van der Waals surface area contributed by atoms with Crippen molar-refractivity contribution < 1.29 is 44.2 Å². The van der Waals surface area contributed by atoms with Crippen molar-refractivity contribution in [3.05, 3.63) is 312 Å². The number of rotatable bonds is 7. The highest BCUT2D eigenvalue weighted by Gasteiger charge is 2.29. The fourth-order valence-corrected chi connectivity index (χ4v) is 17.4. The summed E-state index contributed by atoms with van der Waals surface area (Å²) in [6.07, 6.45) is 12.3. The Kier molecular flexibility index (Phi) is 17.2. The molecule has 0 unspecified atom stereocenters. The van der Waals surface area contributed by atoms with Crippen LogP contribution in [-0.4, -0.2) is 0 Å². The Labute approximate surface area is 681 Å². The molecule has 0 radical (unpaired) electrons. The third-order valence-corrected chi connectivity index (χ3v) is 24.2. The Hall–Kier alpha value is -12.5. The average Bonchev–Trinajstić information content (AvgIpc) is 1.62. The van der Waals surface area contributed by atoms with Gasteiger partial charge in [0.1, 0.15) is 50.5 Å². The molecule has 0 spiro atoms. The van der Waals surface area contributed by atoms with Crippen molar-refractivity contribution in [3.63, 3.8) is 0 Å². The predicted octanol–water partition coefficient (Wildman–Crippen LogP) is 27.4. The van der Waals surface area contributed by atoms with E-state index in [0.717, 1.165) is 168 Å². The third-order valence-electron chi connectivity index (χ3n) is 24.2. The fourth-order valence-electron chi connectivity index (χ4n) is 17.4. The summed E-state index contributed by atoms with van der Waals surface area (Å²) in [5, 5.41) is 18.1. The van der Waals surface area contributed by atoms with Crippen molar-refractivity contribution in [2.75, 3.05) is 0 Å². The summed E-state index contributed by atoms with van der Waals surface area (Å²) in [6, 6.07) is 84.3. The Bertz CT molecular complexity index is 7580. The molecule has 115 heavy (non-hydrogen) atoms. The first kappa shape index (κ1) is 67.0. The standard InChI is InChI=1S/C31H32NO.C27H26NO.C26H24NO.C23H18NO/c1-20-7-5-6-8-25(20)28-18-27-26-16-23-10-9-22(21-11-13-31(2,3)14-12-21)15-24(23)17-29(26)33-30(27)19-32(28)4;1-16(2)19-7-8-20-12-23-24-14-25(22-9-6-17(3)10-18(22)4)28(5)15-27(24)29-26(23)13-21(20)11-19;1-16(2)18-9-10-19-12-22-23-14-24(21-8-6-5-7-17(21)3)27(4)15-26(23)28-25(22)13-20(19)11-18;1-15-7-3-5-9-17(15)21-13-20-19-12-11-16-8-4-6-10-18(16)23(19)25-22(20)14-24(21)2/h5-10,15-19,21H,11-14H2,1-4H3;6-16H,1-5H3;5-16H,1-4H3;3-14H,1-2H3/q4*+1/i21D;3D3,16D;16D;. The summed E-state index contributed by atoms with van der Waals surface area (Å²) in [5.74, 6) is -1.76. The quantitative estimate of drug-likeness (QED) is 0.149. The smallest absolute Gasteiger partial charge is 0.213 e. The molecule has 8 aromatic heterocycles. The lowest BCUT2D eigenvalue weighted by atomic mass is 9.71. The Balaban J connectivity index is 0.000000111. The van der Waals surface area contributed by atoms with E-state index in [-0.39, 0.29) is 0 Å².